The molecule has 5 heteroatoms. The van der Waals surface area contributed by atoms with Gasteiger partial charge >= 0.3 is 0 Å². The van der Waals surface area contributed by atoms with Crippen LogP contribution in [0.4, 0.5) is 4.39 Å². The summed E-state index contributed by atoms with van der Waals surface area (Å²) < 4.78 is 18.5. The summed E-state index contributed by atoms with van der Waals surface area (Å²) in [5, 5.41) is 4.42. The van der Waals surface area contributed by atoms with E-state index in [0.29, 0.717) is 6.54 Å². The van der Waals surface area contributed by atoms with Gasteiger partial charge in [0, 0.05) is 17.6 Å². The van der Waals surface area contributed by atoms with Crippen LogP contribution in [-0.4, -0.2) is 12.1 Å². The van der Waals surface area contributed by atoms with Crippen molar-refractivity contribution >= 4 is 11.3 Å². The van der Waals surface area contributed by atoms with E-state index in [-0.39, 0.29) is 17.6 Å². The second-order valence-electron chi connectivity index (χ2n) is 4.59. The Balaban J connectivity index is 1.96. The van der Waals surface area contributed by atoms with E-state index < -0.39 is 0 Å². The van der Waals surface area contributed by atoms with Gasteiger partial charge in [0.15, 0.2) is 11.6 Å². The molecule has 3 nitrogen and oxygen atoms in total. The van der Waals surface area contributed by atoms with Crippen molar-refractivity contribution in [1.29, 1.82) is 0 Å². The quantitative estimate of drug-likeness (QED) is 0.882. The summed E-state index contributed by atoms with van der Waals surface area (Å²) >= 11 is 1.72. The lowest BCUT2D eigenvalue weighted by Crippen LogP contribution is -2.18. The Bertz CT molecular complexity index is 571. The molecule has 0 saturated carbocycles. The molecule has 0 aliphatic heterocycles. The van der Waals surface area contributed by atoms with Crippen LogP contribution in [0.2, 0.25) is 0 Å². The average Bonchev–Trinajstić information content (AvgIpc) is 2.94. The Morgan fingerprint density at radius 3 is 2.85 bits per heavy atom. The van der Waals surface area contributed by atoms with Crippen LogP contribution in [0.25, 0.3) is 0 Å². The Morgan fingerprint density at radius 1 is 1.45 bits per heavy atom. The van der Waals surface area contributed by atoms with Gasteiger partial charge in [-0.25, -0.2) is 9.37 Å². The Labute approximate surface area is 122 Å². The van der Waals surface area contributed by atoms with Gasteiger partial charge in [-0.3, -0.25) is 0 Å². The Kier molecular flexibility index (Phi) is 5.09. The van der Waals surface area contributed by atoms with Crippen LogP contribution in [0.3, 0.4) is 0 Å². The molecule has 0 bridgehead atoms. The van der Waals surface area contributed by atoms with E-state index >= 15 is 0 Å². The molecular formula is C15H19FN2OS. The molecule has 1 aromatic heterocycles. The summed E-state index contributed by atoms with van der Waals surface area (Å²) in [4.78, 5) is 5.69. The smallest absolute Gasteiger partial charge is 0.165 e. The number of methoxy groups -OCH3 is 1. The summed E-state index contributed by atoms with van der Waals surface area (Å²) in [7, 11) is 1.46. The van der Waals surface area contributed by atoms with E-state index in [1.807, 2.05) is 12.3 Å². The molecule has 0 radical (unpaired) electrons. The fraction of sp³-hybridized carbons (Fsp3) is 0.400. The van der Waals surface area contributed by atoms with Crippen LogP contribution < -0.4 is 10.1 Å². The largest absolute Gasteiger partial charge is 0.494 e. The van der Waals surface area contributed by atoms with Gasteiger partial charge in [0.25, 0.3) is 0 Å². The van der Waals surface area contributed by atoms with Crippen molar-refractivity contribution < 1.29 is 9.13 Å². The van der Waals surface area contributed by atoms with Crippen LogP contribution >= 0.6 is 11.3 Å². The predicted molar refractivity (Wildman–Crippen MR) is 79.7 cm³/mol. The summed E-state index contributed by atoms with van der Waals surface area (Å²) in [5.74, 6) is -0.0590. The molecule has 2 rings (SSSR count). The molecule has 1 N–H and O–H groups in total. The van der Waals surface area contributed by atoms with Gasteiger partial charge in [0.05, 0.1) is 13.2 Å². The lowest BCUT2D eigenvalue weighted by Gasteiger charge is -2.11. The number of hydrogen-bond donors (Lipinski definition) is 1. The number of nitrogens with one attached hydrogen (secondary N) is 1. The Hall–Kier alpha value is -1.46. The van der Waals surface area contributed by atoms with Crippen molar-refractivity contribution in [2.24, 2.45) is 0 Å². The fourth-order valence-electron chi connectivity index (χ4n) is 1.86. The minimum absolute atomic E-state index is 0.158. The highest BCUT2D eigenvalue weighted by Crippen LogP contribution is 2.21. The van der Waals surface area contributed by atoms with E-state index in [9.17, 15) is 4.39 Å². The zero-order valence-corrected chi connectivity index (χ0v) is 12.8. The lowest BCUT2D eigenvalue weighted by atomic mass is 10.2. The molecule has 0 saturated heterocycles. The molecule has 1 atom stereocenters. The topological polar surface area (TPSA) is 34.2 Å². The molecule has 1 unspecified atom stereocenters. The minimum Gasteiger partial charge on any atom is -0.494 e. The van der Waals surface area contributed by atoms with Crippen molar-refractivity contribution in [3.05, 3.63) is 45.7 Å². The summed E-state index contributed by atoms with van der Waals surface area (Å²) in [6, 6.07) is 5.17. The van der Waals surface area contributed by atoms with E-state index in [0.717, 1.165) is 17.0 Å². The van der Waals surface area contributed by atoms with Crippen LogP contribution in [0.5, 0.6) is 5.75 Å². The summed E-state index contributed by atoms with van der Waals surface area (Å²) in [5.41, 5.74) is 0.891. The first-order valence-corrected chi connectivity index (χ1v) is 7.46. The maximum absolute atomic E-state index is 13.6. The van der Waals surface area contributed by atoms with E-state index in [2.05, 4.69) is 24.1 Å². The van der Waals surface area contributed by atoms with Gasteiger partial charge in [-0.05, 0) is 31.0 Å². The highest BCUT2D eigenvalue weighted by molar-refractivity contribution is 7.11. The first-order chi connectivity index (χ1) is 9.63. The molecule has 0 fully saturated rings. The maximum Gasteiger partial charge on any atom is 0.165 e. The number of ether oxygens (including phenoxy) is 1. The predicted octanol–water partition coefficient (Wildman–Crippen LogP) is 3.70. The monoisotopic (exact) mass is 294 g/mol. The number of halogens is 1. The first kappa shape index (κ1) is 14.9. The van der Waals surface area contributed by atoms with Gasteiger partial charge in [-0.15, -0.1) is 11.3 Å². The number of aryl methyl sites for hydroxylation is 1. The highest BCUT2D eigenvalue weighted by atomic mass is 32.1. The van der Waals surface area contributed by atoms with Crippen molar-refractivity contribution in [2.75, 3.05) is 7.11 Å². The van der Waals surface area contributed by atoms with Crippen LogP contribution in [0, 0.1) is 5.82 Å². The molecule has 0 aliphatic rings. The van der Waals surface area contributed by atoms with Crippen molar-refractivity contribution in [2.45, 2.75) is 32.9 Å². The standard InChI is InChI=1S/C15H19FN2OS/c1-4-12-9-18-15(20-12)10(2)17-8-11-5-6-14(19-3)13(16)7-11/h5-7,9-10,17H,4,8H2,1-3H3. The first-order valence-electron chi connectivity index (χ1n) is 6.64. The molecule has 108 valence electrons. The van der Waals surface area contributed by atoms with Gasteiger partial charge in [-0.2, -0.15) is 0 Å². The fourth-order valence-corrected chi connectivity index (χ4v) is 2.75. The molecule has 1 heterocycles. The van der Waals surface area contributed by atoms with Gasteiger partial charge in [-0.1, -0.05) is 13.0 Å². The molecular weight excluding hydrogens is 275 g/mol. The van der Waals surface area contributed by atoms with Crippen molar-refractivity contribution in [3.63, 3.8) is 0 Å². The second-order valence-corrected chi connectivity index (χ2v) is 5.74. The molecule has 2 aromatic rings. The van der Waals surface area contributed by atoms with E-state index in [1.165, 1.54) is 18.1 Å². The zero-order chi connectivity index (χ0) is 14.5. The molecule has 20 heavy (non-hydrogen) atoms. The maximum atomic E-state index is 13.6. The van der Waals surface area contributed by atoms with Crippen molar-refractivity contribution in [1.82, 2.24) is 10.3 Å². The second kappa shape index (κ2) is 6.81. The van der Waals surface area contributed by atoms with E-state index in [1.54, 1.807) is 17.4 Å². The highest BCUT2D eigenvalue weighted by Gasteiger charge is 2.10. The zero-order valence-electron chi connectivity index (χ0n) is 11.9. The van der Waals surface area contributed by atoms with Crippen LogP contribution in [0.15, 0.2) is 24.4 Å². The Morgan fingerprint density at radius 2 is 2.25 bits per heavy atom. The third-order valence-corrected chi connectivity index (χ3v) is 4.44. The number of aromatic nitrogens is 1. The lowest BCUT2D eigenvalue weighted by molar-refractivity contribution is 0.386. The number of rotatable bonds is 6. The summed E-state index contributed by atoms with van der Waals surface area (Å²) in [6.45, 7) is 4.79. The van der Waals surface area contributed by atoms with Crippen molar-refractivity contribution in [3.8, 4) is 5.75 Å². The third kappa shape index (κ3) is 3.55. The number of nitrogens with zero attached hydrogens (tertiary/aromatic N) is 1. The van der Waals surface area contributed by atoms with Crippen LogP contribution in [-0.2, 0) is 13.0 Å². The average molecular weight is 294 g/mol. The van der Waals surface area contributed by atoms with Crippen LogP contribution in [0.1, 0.15) is 35.3 Å². The van der Waals surface area contributed by atoms with Gasteiger partial charge in [0.1, 0.15) is 5.01 Å². The minimum atomic E-state index is -0.332. The molecule has 0 aliphatic carbocycles. The van der Waals surface area contributed by atoms with Gasteiger partial charge < -0.3 is 10.1 Å². The SMILES string of the molecule is CCc1cnc(C(C)NCc2ccc(OC)c(F)c2)s1. The molecule has 0 spiro atoms. The van der Waals surface area contributed by atoms with E-state index in [4.69, 9.17) is 4.74 Å². The van der Waals surface area contributed by atoms with Gasteiger partial charge in [0.2, 0.25) is 0 Å². The number of benzene rings is 1. The molecule has 1 aromatic carbocycles. The normalized spacial score (nSPS) is 12.4. The third-order valence-electron chi connectivity index (χ3n) is 3.12. The number of hydrogen-bond acceptors (Lipinski definition) is 4. The summed E-state index contributed by atoms with van der Waals surface area (Å²) in [6.07, 6.45) is 2.93. The number of thiazole rings is 1. The molecule has 0 amide bonds.